The summed E-state index contributed by atoms with van der Waals surface area (Å²) in [7, 11) is 0. The van der Waals surface area contributed by atoms with E-state index >= 15 is 0 Å². The first-order chi connectivity index (χ1) is 7.14. The van der Waals surface area contributed by atoms with Gasteiger partial charge in [-0.2, -0.15) is 0 Å². The standard InChI is InChI=1S/C12H15ClFN/c13-11-5-1-9(2-6-11)7-12(14,8-15)10-3-4-10/h1-2,5-6,10H,3-4,7-8,15H2. The minimum absolute atomic E-state index is 0.111. The predicted octanol–water partition coefficient (Wildman–Crippen LogP) is 2.96. The molecule has 0 amide bonds. The Morgan fingerprint density at radius 2 is 1.93 bits per heavy atom. The summed E-state index contributed by atoms with van der Waals surface area (Å²) in [5, 5.41) is 0.683. The lowest BCUT2D eigenvalue weighted by molar-refractivity contribution is 0.142. The zero-order valence-electron chi connectivity index (χ0n) is 8.55. The number of halogens is 2. The fourth-order valence-electron chi connectivity index (χ4n) is 1.93. The van der Waals surface area contributed by atoms with Crippen molar-refractivity contribution in [3.63, 3.8) is 0 Å². The van der Waals surface area contributed by atoms with Gasteiger partial charge in [-0.1, -0.05) is 23.7 Å². The first-order valence-electron chi connectivity index (χ1n) is 5.27. The van der Waals surface area contributed by atoms with Gasteiger partial charge in [0.05, 0.1) is 0 Å². The van der Waals surface area contributed by atoms with Crippen LogP contribution in [0.2, 0.25) is 5.02 Å². The molecule has 0 aliphatic heterocycles. The van der Waals surface area contributed by atoms with E-state index in [4.69, 9.17) is 17.3 Å². The van der Waals surface area contributed by atoms with Crippen molar-refractivity contribution < 1.29 is 4.39 Å². The molecule has 0 aromatic heterocycles. The third-order valence-electron chi connectivity index (χ3n) is 3.06. The number of rotatable bonds is 4. The summed E-state index contributed by atoms with van der Waals surface area (Å²) in [6, 6.07) is 7.32. The summed E-state index contributed by atoms with van der Waals surface area (Å²) in [6.45, 7) is 0.111. The van der Waals surface area contributed by atoms with E-state index in [0.717, 1.165) is 18.4 Å². The van der Waals surface area contributed by atoms with Gasteiger partial charge in [0, 0.05) is 18.0 Å². The van der Waals surface area contributed by atoms with E-state index in [2.05, 4.69) is 0 Å². The number of hydrogen-bond donors (Lipinski definition) is 1. The smallest absolute Gasteiger partial charge is 0.130 e. The van der Waals surface area contributed by atoms with Crippen LogP contribution in [0.15, 0.2) is 24.3 Å². The van der Waals surface area contributed by atoms with Crippen molar-refractivity contribution in [2.75, 3.05) is 6.54 Å². The van der Waals surface area contributed by atoms with E-state index < -0.39 is 5.67 Å². The van der Waals surface area contributed by atoms with Crippen LogP contribution < -0.4 is 5.73 Å². The molecule has 1 saturated carbocycles. The fourth-order valence-corrected chi connectivity index (χ4v) is 2.05. The van der Waals surface area contributed by atoms with E-state index in [9.17, 15) is 4.39 Å². The molecule has 2 N–H and O–H groups in total. The van der Waals surface area contributed by atoms with Crippen LogP contribution in [0, 0.1) is 5.92 Å². The largest absolute Gasteiger partial charge is 0.328 e. The van der Waals surface area contributed by atoms with Crippen LogP contribution in [0.5, 0.6) is 0 Å². The van der Waals surface area contributed by atoms with Gasteiger partial charge >= 0.3 is 0 Å². The normalized spacial score (nSPS) is 19.9. The van der Waals surface area contributed by atoms with Gasteiger partial charge in [0.25, 0.3) is 0 Å². The Balaban J connectivity index is 2.09. The van der Waals surface area contributed by atoms with Gasteiger partial charge in [-0.05, 0) is 36.5 Å². The fraction of sp³-hybridized carbons (Fsp3) is 0.500. The Kier molecular flexibility index (Phi) is 2.98. The molecular formula is C12H15ClFN. The monoisotopic (exact) mass is 227 g/mol. The predicted molar refractivity (Wildman–Crippen MR) is 60.8 cm³/mol. The van der Waals surface area contributed by atoms with Crippen LogP contribution >= 0.6 is 11.6 Å². The van der Waals surface area contributed by atoms with Gasteiger partial charge in [0.2, 0.25) is 0 Å². The molecule has 1 aromatic carbocycles. The lowest BCUT2D eigenvalue weighted by Gasteiger charge is -2.23. The Labute approximate surface area is 94.4 Å². The molecule has 0 radical (unpaired) electrons. The van der Waals surface area contributed by atoms with Gasteiger partial charge in [-0.3, -0.25) is 0 Å². The average molecular weight is 228 g/mol. The third kappa shape index (κ3) is 2.50. The van der Waals surface area contributed by atoms with Crippen molar-refractivity contribution in [3.05, 3.63) is 34.9 Å². The Hall–Kier alpha value is -0.600. The summed E-state index contributed by atoms with van der Waals surface area (Å²) in [6.07, 6.45) is 2.36. The first kappa shape index (κ1) is 10.9. The molecule has 0 saturated heterocycles. The highest BCUT2D eigenvalue weighted by molar-refractivity contribution is 6.30. The molecule has 0 heterocycles. The Bertz CT molecular complexity index is 334. The number of nitrogens with two attached hydrogens (primary N) is 1. The second-order valence-corrected chi connectivity index (χ2v) is 4.75. The summed E-state index contributed by atoms with van der Waals surface area (Å²) < 4.78 is 14.3. The lowest BCUT2D eigenvalue weighted by Crippen LogP contribution is -2.37. The van der Waals surface area contributed by atoms with Gasteiger partial charge < -0.3 is 5.73 Å². The minimum atomic E-state index is -1.21. The van der Waals surface area contributed by atoms with Crippen molar-refractivity contribution in [2.45, 2.75) is 24.9 Å². The molecule has 0 bridgehead atoms. The van der Waals surface area contributed by atoms with E-state index in [0.29, 0.717) is 11.4 Å². The summed E-state index contributed by atoms with van der Waals surface area (Å²) in [5.41, 5.74) is 5.28. The maximum atomic E-state index is 14.3. The van der Waals surface area contributed by atoms with Crippen LogP contribution in [0.4, 0.5) is 4.39 Å². The maximum Gasteiger partial charge on any atom is 0.130 e. The van der Waals surface area contributed by atoms with E-state index in [1.165, 1.54) is 0 Å². The van der Waals surface area contributed by atoms with Crippen molar-refractivity contribution >= 4 is 11.6 Å². The highest BCUT2D eigenvalue weighted by Crippen LogP contribution is 2.43. The summed E-state index contributed by atoms with van der Waals surface area (Å²) >= 11 is 5.77. The van der Waals surface area contributed by atoms with Crippen molar-refractivity contribution in [3.8, 4) is 0 Å². The molecule has 1 aliphatic rings. The quantitative estimate of drug-likeness (QED) is 0.841. The Morgan fingerprint density at radius 1 is 1.33 bits per heavy atom. The highest BCUT2D eigenvalue weighted by Gasteiger charge is 2.44. The first-order valence-corrected chi connectivity index (χ1v) is 5.65. The van der Waals surface area contributed by atoms with Crippen LogP contribution in [0.3, 0.4) is 0 Å². The van der Waals surface area contributed by atoms with E-state index in [1.54, 1.807) is 12.1 Å². The zero-order chi connectivity index (χ0) is 10.9. The van der Waals surface area contributed by atoms with E-state index in [-0.39, 0.29) is 12.5 Å². The Morgan fingerprint density at radius 3 is 2.40 bits per heavy atom. The van der Waals surface area contributed by atoms with Gasteiger partial charge in [0.1, 0.15) is 5.67 Å². The van der Waals surface area contributed by atoms with Crippen LogP contribution in [-0.2, 0) is 6.42 Å². The lowest BCUT2D eigenvalue weighted by atomic mass is 9.91. The molecule has 1 unspecified atom stereocenters. The molecule has 3 heteroatoms. The van der Waals surface area contributed by atoms with Gasteiger partial charge in [-0.15, -0.1) is 0 Å². The number of hydrogen-bond acceptors (Lipinski definition) is 1. The van der Waals surface area contributed by atoms with Crippen molar-refractivity contribution in [1.29, 1.82) is 0 Å². The van der Waals surface area contributed by atoms with E-state index in [1.807, 2.05) is 12.1 Å². The molecule has 2 rings (SSSR count). The SMILES string of the molecule is NCC(F)(Cc1ccc(Cl)cc1)C1CC1. The number of alkyl halides is 1. The average Bonchev–Trinajstić information content (AvgIpc) is 3.05. The third-order valence-corrected chi connectivity index (χ3v) is 3.31. The van der Waals surface area contributed by atoms with Crippen molar-refractivity contribution in [1.82, 2.24) is 0 Å². The molecule has 1 nitrogen and oxygen atoms in total. The van der Waals surface area contributed by atoms with Crippen LogP contribution in [0.1, 0.15) is 18.4 Å². The number of benzene rings is 1. The minimum Gasteiger partial charge on any atom is -0.328 e. The molecular weight excluding hydrogens is 213 g/mol. The second kappa shape index (κ2) is 4.11. The van der Waals surface area contributed by atoms with Crippen LogP contribution in [0.25, 0.3) is 0 Å². The second-order valence-electron chi connectivity index (χ2n) is 4.32. The molecule has 0 spiro atoms. The summed E-state index contributed by atoms with van der Waals surface area (Å²) in [4.78, 5) is 0. The van der Waals surface area contributed by atoms with Crippen LogP contribution in [-0.4, -0.2) is 12.2 Å². The molecule has 1 aromatic rings. The molecule has 1 aliphatic carbocycles. The molecule has 1 fully saturated rings. The zero-order valence-corrected chi connectivity index (χ0v) is 9.30. The molecule has 1 atom stereocenters. The van der Waals surface area contributed by atoms with Gasteiger partial charge in [-0.25, -0.2) is 4.39 Å². The topological polar surface area (TPSA) is 26.0 Å². The molecule has 15 heavy (non-hydrogen) atoms. The van der Waals surface area contributed by atoms with Gasteiger partial charge in [0.15, 0.2) is 0 Å². The van der Waals surface area contributed by atoms with Crippen molar-refractivity contribution in [2.24, 2.45) is 11.7 Å². The molecule has 82 valence electrons. The maximum absolute atomic E-state index is 14.3. The summed E-state index contributed by atoms with van der Waals surface area (Å²) in [5.74, 6) is 0.165. The highest BCUT2D eigenvalue weighted by atomic mass is 35.5.